The van der Waals surface area contributed by atoms with Crippen molar-refractivity contribution < 1.29 is 14.3 Å². The van der Waals surface area contributed by atoms with E-state index in [0.29, 0.717) is 11.5 Å². The summed E-state index contributed by atoms with van der Waals surface area (Å²) in [5.41, 5.74) is 0.656. The van der Waals surface area contributed by atoms with Crippen LogP contribution in [0.3, 0.4) is 0 Å². The molecule has 1 aromatic rings. The standard InChI is InChI=1S/C22H31N3O3/c1-23-20(27)22-9-8-21(18(22)14-24(2)15-22)10-12-25(13-11-21)19(26)16-4-6-17(28-3)7-5-16/h4-7,18H,8-15H2,1-3H3,(H,23,27)/t18-,22+/m0/s1. The Hall–Kier alpha value is -2.08. The number of piperidine rings is 1. The van der Waals surface area contributed by atoms with Crippen LogP contribution in [0.1, 0.15) is 36.0 Å². The maximum Gasteiger partial charge on any atom is 0.253 e. The van der Waals surface area contributed by atoms with Gasteiger partial charge in [-0.3, -0.25) is 9.59 Å². The van der Waals surface area contributed by atoms with Gasteiger partial charge in [0, 0.05) is 38.8 Å². The Morgan fingerprint density at radius 2 is 1.79 bits per heavy atom. The highest BCUT2D eigenvalue weighted by Crippen LogP contribution is 2.61. The first-order valence-corrected chi connectivity index (χ1v) is 10.3. The van der Waals surface area contributed by atoms with E-state index in [-0.39, 0.29) is 22.6 Å². The zero-order chi connectivity index (χ0) is 19.9. The number of nitrogens with zero attached hydrogens (tertiary/aromatic N) is 2. The van der Waals surface area contributed by atoms with Gasteiger partial charge in [0.05, 0.1) is 12.5 Å². The maximum atomic E-state index is 12.9. The summed E-state index contributed by atoms with van der Waals surface area (Å²) >= 11 is 0. The molecule has 1 N–H and O–H groups in total. The Labute approximate surface area is 167 Å². The molecule has 1 aliphatic carbocycles. The van der Waals surface area contributed by atoms with Crippen LogP contribution in [0, 0.1) is 16.7 Å². The molecule has 0 aromatic heterocycles. The molecule has 2 aliphatic heterocycles. The maximum absolute atomic E-state index is 12.9. The van der Waals surface area contributed by atoms with Gasteiger partial charge in [0.1, 0.15) is 5.75 Å². The molecule has 2 atom stereocenters. The molecule has 3 fully saturated rings. The van der Waals surface area contributed by atoms with Crippen LogP contribution in [-0.4, -0.2) is 69.0 Å². The third kappa shape index (κ3) is 2.89. The largest absolute Gasteiger partial charge is 0.497 e. The fraction of sp³-hybridized carbons (Fsp3) is 0.636. The smallest absolute Gasteiger partial charge is 0.253 e. The van der Waals surface area contributed by atoms with Gasteiger partial charge in [-0.05, 0) is 68.3 Å². The number of fused-ring (bicyclic) bond motifs is 2. The van der Waals surface area contributed by atoms with Crippen LogP contribution in [-0.2, 0) is 4.79 Å². The van der Waals surface area contributed by atoms with Crippen LogP contribution < -0.4 is 10.1 Å². The minimum atomic E-state index is -0.244. The summed E-state index contributed by atoms with van der Waals surface area (Å²) in [5, 5.41) is 2.93. The van der Waals surface area contributed by atoms with Crippen molar-refractivity contribution in [3.8, 4) is 5.75 Å². The van der Waals surface area contributed by atoms with Crippen LogP contribution in [0.15, 0.2) is 24.3 Å². The second-order valence-electron chi connectivity index (χ2n) is 8.87. The van der Waals surface area contributed by atoms with Crippen molar-refractivity contribution in [1.82, 2.24) is 15.1 Å². The van der Waals surface area contributed by atoms with E-state index in [2.05, 4.69) is 17.3 Å². The molecule has 1 saturated carbocycles. The zero-order valence-electron chi connectivity index (χ0n) is 17.2. The Morgan fingerprint density at radius 1 is 1.11 bits per heavy atom. The Bertz CT molecular complexity index is 755. The average Bonchev–Trinajstić information content (AvgIpc) is 3.22. The van der Waals surface area contributed by atoms with Crippen LogP contribution in [0.2, 0.25) is 0 Å². The van der Waals surface area contributed by atoms with E-state index >= 15 is 0 Å². The molecular weight excluding hydrogens is 354 g/mol. The molecule has 6 heteroatoms. The zero-order valence-corrected chi connectivity index (χ0v) is 17.2. The molecule has 0 radical (unpaired) electrons. The molecular formula is C22H31N3O3. The van der Waals surface area contributed by atoms with Gasteiger partial charge in [0.15, 0.2) is 0 Å². The quantitative estimate of drug-likeness (QED) is 0.865. The van der Waals surface area contributed by atoms with Gasteiger partial charge >= 0.3 is 0 Å². The molecule has 2 heterocycles. The van der Waals surface area contributed by atoms with E-state index in [1.807, 2.05) is 29.2 Å². The fourth-order valence-electron chi connectivity index (χ4n) is 6.08. The lowest BCUT2D eigenvalue weighted by Gasteiger charge is -2.44. The molecule has 0 bridgehead atoms. The molecule has 2 amide bonds. The molecule has 1 spiro atoms. The fourth-order valence-corrected chi connectivity index (χ4v) is 6.08. The summed E-state index contributed by atoms with van der Waals surface area (Å²) in [5.74, 6) is 1.45. The van der Waals surface area contributed by atoms with Crippen LogP contribution in [0.5, 0.6) is 5.75 Å². The molecule has 3 aliphatic rings. The minimum Gasteiger partial charge on any atom is -0.497 e. The highest BCUT2D eigenvalue weighted by molar-refractivity contribution is 5.94. The number of nitrogens with one attached hydrogen (secondary N) is 1. The predicted octanol–water partition coefficient (Wildman–Crippen LogP) is 2.01. The van der Waals surface area contributed by atoms with Crippen molar-refractivity contribution in [1.29, 1.82) is 0 Å². The van der Waals surface area contributed by atoms with E-state index < -0.39 is 0 Å². The first kappa shape index (κ1) is 19.2. The van der Waals surface area contributed by atoms with Crippen LogP contribution >= 0.6 is 0 Å². The molecule has 152 valence electrons. The third-order valence-corrected chi connectivity index (χ3v) is 7.58. The Morgan fingerprint density at radius 3 is 2.39 bits per heavy atom. The highest BCUT2D eigenvalue weighted by atomic mass is 16.5. The number of rotatable bonds is 3. The lowest BCUT2D eigenvalue weighted by Crippen LogP contribution is -2.49. The van der Waals surface area contributed by atoms with Gasteiger partial charge in [0.2, 0.25) is 5.91 Å². The predicted molar refractivity (Wildman–Crippen MR) is 107 cm³/mol. The van der Waals surface area contributed by atoms with Gasteiger partial charge in [-0.15, -0.1) is 0 Å². The van der Waals surface area contributed by atoms with Crippen molar-refractivity contribution in [2.75, 3.05) is 47.4 Å². The van der Waals surface area contributed by atoms with Crippen molar-refractivity contribution in [2.45, 2.75) is 25.7 Å². The summed E-state index contributed by atoms with van der Waals surface area (Å²) < 4.78 is 5.18. The number of hydrogen-bond donors (Lipinski definition) is 1. The van der Waals surface area contributed by atoms with Gasteiger partial charge < -0.3 is 19.9 Å². The van der Waals surface area contributed by atoms with E-state index in [1.165, 1.54) is 0 Å². The first-order chi connectivity index (χ1) is 13.4. The number of methoxy groups -OCH3 is 1. The van der Waals surface area contributed by atoms with Crippen LogP contribution in [0.4, 0.5) is 0 Å². The van der Waals surface area contributed by atoms with Gasteiger partial charge in [-0.2, -0.15) is 0 Å². The number of benzene rings is 1. The van der Waals surface area contributed by atoms with Crippen LogP contribution in [0.25, 0.3) is 0 Å². The molecule has 0 unspecified atom stereocenters. The van der Waals surface area contributed by atoms with E-state index in [0.717, 1.165) is 57.6 Å². The molecule has 28 heavy (non-hydrogen) atoms. The summed E-state index contributed by atoms with van der Waals surface area (Å²) in [6.07, 6.45) is 4.05. The Balaban J connectivity index is 1.47. The lowest BCUT2D eigenvalue weighted by atomic mass is 9.65. The lowest BCUT2D eigenvalue weighted by molar-refractivity contribution is -0.132. The molecule has 4 rings (SSSR count). The second-order valence-corrected chi connectivity index (χ2v) is 8.87. The van der Waals surface area contributed by atoms with E-state index in [4.69, 9.17) is 4.74 Å². The molecule has 2 saturated heterocycles. The first-order valence-electron chi connectivity index (χ1n) is 10.3. The normalized spacial score (nSPS) is 29.0. The topological polar surface area (TPSA) is 61.9 Å². The average molecular weight is 386 g/mol. The second kappa shape index (κ2) is 7.07. The minimum absolute atomic E-state index is 0.0941. The third-order valence-electron chi connectivity index (χ3n) is 7.58. The summed E-state index contributed by atoms with van der Waals surface area (Å²) in [7, 11) is 5.51. The van der Waals surface area contributed by atoms with Crippen molar-refractivity contribution in [2.24, 2.45) is 16.7 Å². The number of carbonyl (C=O) groups is 2. The number of amides is 2. The van der Waals surface area contributed by atoms with E-state index in [1.54, 1.807) is 14.2 Å². The molecule has 1 aromatic carbocycles. The molecule has 6 nitrogen and oxygen atoms in total. The Kier molecular flexibility index (Phi) is 4.86. The van der Waals surface area contributed by atoms with Gasteiger partial charge in [-0.25, -0.2) is 0 Å². The van der Waals surface area contributed by atoms with E-state index in [9.17, 15) is 9.59 Å². The van der Waals surface area contributed by atoms with Crippen molar-refractivity contribution >= 4 is 11.8 Å². The highest BCUT2D eigenvalue weighted by Gasteiger charge is 2.63. The van der Waals surface area contributed by atoms with Gasteiger partial charge in [-0.1, -0.05) is 0 Å². The number of carbonyl (C=O) groups excluding carboxylic acids is 2. The van der Waals surface area contributed by atoms with Gasteiger partial charge in [0.25, 0.3) is 5.91 Å². The summed E-state index contributed by atoms with van der Waals surface area (Å²) in [6.45, 7) is 3.39. The SMILES string of the molecule is CNC(=O)[C@@]12CCC3(CCN(C(=O)c4ccc(OC)cc4)CC3)[C@@H]1CN(C)C2. The number of likely N-dealkylation sites (tertiary alicyclic amines) is 2. The summed E-state index contributed by atoms with van der Waals surface area (Å²) in [4.78, 5) is 30.0. The summed E-state index contributed by atoms with van der Waals surface area (Å²) in [6, 6.07) is 7.34. The monoisotopic (exact) mass is 385 g/mol. The van der Waals surface area contributed by atoms with Crippen molar-refractivity contribution in [3.05, 3.63) is 29.8 Å². The van der Waals surface area contributed by atoms with Crippen molar-refractivity contribution in [3.63, 3.8) is 0 Å². The number of ether oxygens (including phenoxy) is 1. The number of hydrogen-bond acceptors (Lipinski definition) is 4.